The fourth-order valence-corrected chi connectivity index (χ4v) is 1.78. The molecule has 0 aliphatic rings. The zero-order valence-corrected chi connectivity index (χ0v) is 11.1. The number of halogens is 2. The van der Waals surface area contributed by atoms with E-state index in [-0.39, 0.29) is 29.4 Å². The first-order valence-corrected chi connectivity index (χ1v) is 5.95. The van der Waals surface area contributed by atoms with Crippen molar-refractivity contribution in [1.82, 2.24) is 0 Å². The highest BCUT2D eigenvalue weighted by Crippen LogP contribution is 2.32. The monoisotopic (exact) mass is 305 g/mol. The first-order chi connectivity index (χ1) is 8.95. The average molecular weight is 306 g/mol. The summed E-state index contributed by atoms with van der Waals surface area (Å²) in [4.78, 5) is 31.3. The van der Waals surface area contributed by atoms with Crippen LogP contribution in [0.4, 0.5) is 5.69 Å². The van der Waals surface area contributed by atoms with Crippen molar-refractivity contribution in [3.05, 3.63) is 32.8 Å². The largest absolute Gasteiger partial charge is 0.493 e. The van der Waals surface area contributed by atoms with Crippen LogP contribution in [0.15, 0.2) is 12.1 Å². The summed E-state index contributed by atoms with van der Waals surface area (Å²) in [6, 6.07) is 2.47. The van der Waals surface area contributed by atoms with Gasteiger partial charge >= 0.3 is 0 Å². The van der Waals surface area contributed by atoms with Gasteiger partial charge in [-0.25, -0.2) is 0 Å². The van der Waals surface area contributed by atoms with Crippen molar-refractivity contribution in [2.45, 2.75) is 12.8 Å². The van der Waals surface area contributed by atoms with Gasteiger partial charge in [-0.3, -0.25) is 19.7 Å². The highest BCUT2D eigenvalue weighted by Gasteiger charge is 2.20. The van der Waals surface area contributed by atoms with E-state index in [4.69, 9.17) is 27.9 Å². The summed E-state index contributed by atoms with van der Waals surface area (Å²) in [6.45, 7) is 0.185. The Balaban J connectivity index is 2.81. The first kappa shape index (κ1) is 15.4. The molecule has 1 aromatic carbocycles. The van der Waals surface area contributed by atoms with E-state index >= 15 is 0 Å². The molecule has 0 fully saturated rings. The molecule has 1 rings (SSSR count). The number of carbonyl (C=O) groups excluding carboxylic acids is 2. The van der Waals surface area contributed by atoms with Crippen molar-refractivity contribution in [1.29, 1.82) is 0 Å². The van der Waals surface area contributed by atoms with Gasteiger partial charge in [0.25, 0.3) is 5.69 Å². The number of nitrogens with zero attached hydrogens (tertiary/aromatic N) is 1. The van der Waals surface area contributed by atoms with E-state index in [0.717, 1.165) is 0 Å². The second kappa shape index (κ2) is 7.06. The Morgan fingerprint density at radius 3 is 2.68 bits per heavy atom. The number of nitro groups is 1. The van der Waals surface area contributed by atoms with Gasteiger partial charge in [-0.2, -0.15) is 0 Å². The quantitative estimate of drug-likeness (QED) is 0.254. The Morgan fingerprint density at radius 1 is 1.47 bits per heavy atom. The minimum Gasteiger partial charge on any atom is -0.493 e. The molecule has 0 spiro atoms. The number of carbonyl (C=O) groups is 2. The lowest BCUT2D eigenvalue weighted by molar-refractivity contribution is -0.384. The van der Waals surface area contributed by atoms with Gasteiger partial charge in [0.2, 0.25) is 5.24 Å². The normalized spacial score (nSPS) is 10.0. The molecule has 0 N–H and O–H groups in total. The maximum Gasteiger partial charge on any atom is 0.298 e. The third-order valence-electron chi connectivity index (χ3n) is 2.16. The molecular formula is C11H9Cl2NO5. The first-order valence-electron chi connectivity index (χ1n) is 5.20. The standard InChI is InChI=1S/C11H9Cl2NO5/c12-9-5-8(19-3-1-2-10(13)16)4-7(6-15)11(9)14(17)18/h4-6H,1-3H2. The Morgan fingerprint density at radius 2 is 2.16 bits per heavy atom. The predicted molar refractivity (Wildman–Crippen MR) is 69.1 cm³/mol. The van der Waals surface area contributed by atoms with Gasteiger partial charge in [-0.1, -0.05) is 11.6 Å². The summed E-state index contributed by atoms with van der Waals surface area (Å²) < 4.78 is 5.24. The molecule has 0 unspecified atom stereocenters. The SMILES string of the molecule is O=Cc1cc(OCCCC(=O)Cl)cc(Cl)c1[N+](=O)[O-]. The molecule has 0 bridgehead atoms. The fraction of sp³-hybridized carbons (Fsp3) is 0.273. The van der Waals surface area contributed by atoms with E-state index in [0.29, 0.717) is 12.7 Å². The average Bonchev–Trinajstić information content (AvgIpc) is 2.33. The van der Waals surface area contributed by atoms with E-state index in [2.05, 4.69) is 0 Å². The van der Waals surface area contributed by atoms with Crippen LogP contribution in [0.3, 0.4) is 0 Å². The lowest BCUT2D eigenvalue weighted by atomic mass is 10.2. The van der Waals surface area contributed by atoms with E-state index in [1.54, 1.807) is 0 Å². The molecule has 8 heteroatoms. The molecule has 0 atom stereocenters. The summed E-state index contributed by atoms with van der Waals surface area (Å²) in [6.07, 6.45) is 0.884. The number of benzene rings is 1. The minimum atomic E-state index is -0.734. The molecule has 0 heterocycles. The van der Waals surface area contributed by atoms with Crippen molar-refractivity contribution in [3.63, 3.8) is 0 Å². The molecule has 0 amide bonds. The summed E-state index contributed by atoms with van der Waals surface area (Å²) in [7, 11) is 0. The number of aldehydes is 1. The smallest absolute Gasteiger partial charge is 0.298 e. The summed E-state index contributed by atoms with van der Waals surface area (Å²) in [5.74, 6) is 0.222. The van der Waals surface area contributed by atoms with E-state index in [1.165, 1.54) is 12.1 Å². The lowest BCUT2D eigenvalue weighted by Crippen LogP contribution is -2.02. The molecule has 0 aromatic heterocycles. The van der Waals surface area contributed by atoms with Crippen molar-refractivity contribution >= 4 is 40.4 Å². The molecule has 19 heavy (non-hydrogen) atoms. The van der Waals surface area contributed by atoms with Crippen LogP contribution in [0, 0.1) is 10.1 Å². The number of hydrogen-bond donors (Lipinski definition) is 0. The Kier molecular flexibility index (Phi) is 5.72. The van der Waals surface area contributed by atoms with Gasteiger partial charge in [0.15, 0.2) is 6.29 Å². The van der Waals surface area contributed by atoms with E-state index < -0.39 is 15.9 Å². The van der Waals surface area contributed by atoms with Crippen LogP contribution in [0.1, 0.15) is 23.2 Å². The number of nitro benzene ring substituents is 1. The summed E-state index contributed by atoms with van der Waals surface area (Å²) in [5, 5.41) is 10.1. The van der Waals surface area contributed by atoms with Crippen LogP contribution in [-0.2, 0) is 4.79 Å². The molecule has 0 radical (unpaired) electrons. The third-order valence-corrected chi connectivity index (χ3v) is 2.64. The number of hydrogen-bond acceptors (Lipinski definition) is 5. The van der Waals surface area contributed by atoms with Gasteiger partial charge in [-0.05, 0) is 24.1 Å². The van der Waals surface area contributed by atoms with Crippen LogP contribution >= 0.6 is 23.2 Å². The Labute approximate surface area is 118 Å². The molecule has 0 saturated heterocycles. The van der Waals surface area contributed by atoms with E-state index in [9.17, 15) is 19.7 Å². The van der Waals surface area contributed by atoms with Crippen molar-refractivity contribution in [2.24, 2.45) is 0 Å². The fourth-order valence-electron chi connectivity index (χ4n) is 1.36. The highest BCUT2D eigenvalue weighted by molar-refractivity contribution is 6.63. The van der Waals surface area contributed by atoms with Crippen LogP contribution in [0.5, 0.6) is 5.75 Å². The van der Waals surface area contributed by atoms with E-state index in [1.807, 2.05) is 0 Å². The second-order valence-electron chi connectivity index (χ2n) is 3.53. The molecule has 0 aliphatic heterocycles. The minimum absolute atomic E-state index is 0.156. The predicted octanol–water partition coefficient (Wildman–Crippen LogP) is 2.99. The van der Waals surface area contributed by atoms with Gasteiger partial charge in [0.05, 0.1) is 17.1 Å². The van der Waals surface area contributed by atoms with Gasteiger partial charge < -0.3 is 4.74 Å². The molecule has 0 saturated carbocycles. The van der Waals surface area contributed by atoms with Crippen LogP contribution < -0.4 is 4.74 Å². The highest BCUT2D eigenvalue weighted by atomic mass is 35.5. The van der Waals surface area contributed by atoms with Crippen LogP contribution in [0.2, 0.25) is 5.02 Å². The zero-order chi connectivity index (χ0) is 14.4. The topological polar surface area (TPSA) is 86.5 Å². The molecule has 0 aliphatic carbocycles. The maximum absolute atomic E-state index is 10.8. The summed E-state index contributed by atoms with van der Waals surface area (Å²) in [5.41, 5.74) is -0.624. The van der Waals surface area contributed by atoms with Crippen molar-refractivity contribution in [3.8, 4) is 5.75 Å². The summed E-state index contributed by atoms with van der Waals surface area (Å²) >= 11 is 10.9. The number of ether oxygens (including phenoxy) is 1. The molecule has 6 nitrogen and oxygen atoms in total. The number of rotatable bonds is 7. The molecular weight excluding hydrogens is 297 g/mol. The second-order valence-corrected chi connectivity index (χ2v) is 4.35. The van der Waals surface area contributed by atoms with Crippen LogP contribution in [-0.4, -0.2) is 23.1 Å². The van der Waals surface area contributed by atoms with Crippen molar-refractivity contribution in [2.75, 3.05) is 6.61 Å². The lowest BCUT2D eigenvalue weighted by Gasteiger charge is -2.07. The maximum atomic E-state index is 10.8. The van der Waals surface area contributed by atoms with Crippen molar-refractivity contribution < 1.29 is 19.2 Å². The molecule has 1 aromatic rings. The molecule has 102 valence electrons. The van der Waals surface area contributed by atoms with Gasteiger partial charge in [0, 0.05) is 12.5 Å². The van der Waals surface area contributed by atoms with Gasteiger partial charge in [-0.15, -0.1) is 0 Å². The third kappa shape index (κ3) is 4.50. The van der Waals surface area contributed by atoms with Crippen LogP contribution in [0.25, 0.3) is 0 Å². The zero-order valence-electron chi connectivity index (χ0n) is 9.60. The van der Waals surface area contributed by atoms with Gasteiger partial charge in [0.1, 0.15) is 10.8 Å². The Hall–Kier alpha value is -1.66. The Bertz CT molecular complexity index is 518.